The lowest BCUT2D eigenvalue weighted by Crippen LogP contribution is -2.30. The summed E-state index contributed by atoms with van der Waals surface area (Å²) in [5, 5.41) is 3.42. The summed E-state index contributed by atoms with van der Waals surface area (Å²) in [4.78, 5) is 9.74. The molecule has 0 spiro atoms. The van der Waals surface area contributed by atoms with Gasteiger partial charge in [-0.15, -0.1) is 0 Å². The van der Waals surface area contributed by atoms with Gasteiger partial charge in [0.2, 0.25) is 0 Å². The zero-order valence-electron chi connectivity index (χ0n) is 14.1. The average Bonchev–Trinajstić information content (AvgIpc) is 2.43. The number of hydrogen-bond donors (Lipinski definition) is 1. The second kappa shape index (κ2) is 6.84. The number of nitrogens with one attached hydrogen (secondary N) is 1. The molecule has 1 atom stereocenters. The van der Waals surface area contributed by atoms with Crippen LogP contribution in [0.1, 0.15) is 69.9 Å². The Morgan fingerprint density at radius 1 is 1.24 bits per heavy atom. The first-order valence-electron chi connectivity index (χ1n) is 8.18. The normalized spacial score (nSPS) is 16.6. The minimum Gasteiger partial charge on any atom is -0.370 e. The molecular formula is C17H29N3O. The number of aryl methyl sites for hydroxylation is 1. The van der Waals surface area contributed by atoms with Crippen molar-refractivity contribution in [1.82, 2.24) is 15.3 Å². The van der Waals surface area contributed by atoms with Gasteiger partial charge in [-0.3, -0.25) is 0 Å². The molecule has 1 aromatic rings. The highest BCUT2D eigenvalue weighted by molar-refractivity contribution is 5.29. The summed E-state index contributed by atoms with van der Waals surface area (Å²) in [6, 6.07) is 0. The van der Waals surface area contributed by atoms with Crippen molar-refractivity contribution < 1.29 is 4.74 Å². The standard InChI is InChI=1S/C17H29N3O/c1-6-8-13-12-9-10-18-11-14(12)20-16(19-13)15(21-7-2)17(3,4)5/h15,18H,6-11H2,1-5H3. The smallest absolute Gasteiger partial charge is 0.158 e. The maximum atomic E-state index is 5.97. The van der Waals surface area contributed by atoms with Gasteiger partial charge in [0.25, 0.3) is 0 Å². The fraction of sp³-hybridized carbons (Fsp3) is 0.765. The Hall–Kier alpha value is -1.00. The third-order valence-corrected chi connectivity index (χ3v) is 3.88. The Morgan fingerprint density at radius 3 is 2.62 bits per heavy atom. The third-order valence-electron chi connectivity index (χ3n) is 3.88. The molecule has 2 heterocycles. The number of nitrogens with zero attached hydrogens (tertiary/aromatic N) is 2. The van der Waals surface area contributed by atoms with Crippen LogP contribution in [0.15, 0.2) is 0 Å². The highest BCUT2D eigenvalue weighted by Gasteiger charge is 2.31. The molecule has 4 heteroatoms. The molecular weight excluding hydrogens is 262 g/mol. The number of rotatable bonds is 5. The van der Waals surface area contributed by atoms with Crippen LogP contribution in [0.5, 0.6) is 0 Å². The minimum absolute atomic E-state index is 0.00414. The van der Waals surface area contributed by atoms with Crippen LogP contribution in [0.3, 0.4) is 0 Å². The Morgan fingerprint density at radius 2 is 2.00 bits per heavy atom. The second-order valence-corrected chi connectivity index (χ2v) is 6.83. The number of ether oxygens (including phenoxy) is 1. The minimum atomic E-state index is -0.0506. The van der Waals surface area contributed by atoms with Crippen LogP contribution in [0.2, 0.25) is 0 Å². The molecule has 0 radical (unpaired) electrons. The summed E-state index contributed by atoms with van der Waals surface area (Å²) < 4.78 is 5.97. The van der Waals surface area contributed by atoms with E-state index in [4.69, 9.17) is 14.7 Å². The summed E-state index contributed by atoms with van der Waals surface area (Å²) in [5.74, 6) is 0.857. The van der Waals surface area contributed by atoms with Crippen molar-refractivity contribution in [3.8, 4) is 0 Å². The van der Waals surface area contributed by atoms with E-state index in [0.29, 0.717) is 6.61 Å². The van der Waals surface area contributed by atoms with E-state index in [1.165, 1.54) is 17.0 Å². The quantitative estimate of drug-likeness (QED) is 0.905. The van der Waals surface area contributed by atoms with E-state index in [0.717, 1.165) is 38.2 Å². The van der Waals surface area contributed by atoms with Crippen molar-refractivity contribution in [2.75, 3.05) is 13.2 Å². The monoisotopic (exact) mass is 291 g/mol. The van der Waals surface area contributed by atoms with Crippen LogP contribution >= 0.6 is 0 Å². The first kappa shape index (κ1) is 16.4. The van der Waals surface area contributed by atoms with E-state index in [2.05, 4.69) is 33.0 Å². The first-order valence-corrected chi connectivity index (χ1v) is 8.18. The van der Waals surface area contributed by atoms with E-state index in [9.17, 15) is 0 Å². The molecule has 1 aromatic heterocycles. The predicted molar refractivity (Wildman–Crippen MR) is 85.3 cm³/mol. The van der Waals surface area contributed by atoms with E-state index >= 15 is 0 Å². The van der Waals surface area contributed by atoms with E-state index in [-0.39, 0.29) is 11.5 Å². The summed E-state index contributed by atoms with van der Waals surface area (Å²) in [6.45, 7) is 13.4. The fourth-order valence-electron chi connectivity index (χ4n) is 2.90. The van der Waals surface area contributed by atoms with Gasteiger partial charge in [-0.25, -0.2) is 9.97 Å². The predicted octanol–water partition coefficient (Wildman–Crippen LogP) is 3.20. The van der Waals surface area contributed by atoms with Crippen LogP contribution in [0.4, 0.5) is 0 Å². The maximum Gasteiger partial charge on any atom is 0.158 e. The Kier molecular flexibility index (Phi) is 5.33. The van der Waals surface area contributed by atoms with Crippen LogP contribution in [0, 0.1) is 5.41 Å². The lowest BCUT2D eigenvalue weighted by Gasteiger charge is -2.30. The van der Waals surface area contributed by atoms with Crippen molar-refractivity contribution in [3.63, 3.8) is 0 Å². The zero-order chi connectivity index (χ0) is 15.5. The van der Waals surface area contributed by atoms with Crippen molar-refractivity contribution in [3.05, 3.63) is 22.8 Å². The van der Waals surface area contributed by atoms with Gasteiger partial charge >= 0.3 is 0 Å². The van der Waals surface area contributed by atoms with Gasteiger partial charge in [0.05, 0.1) is 5.69 Å². The number of fused-ring (bicyclic) bond motifs is 1. The lowest BCUT2D eigenvalue weighted by molar-refractivity contribution is -0.0194. The van der Waals surface area contributed by atoms with Gasteiger partial charge in [-0.1, -0.05) is 34.1 Å². The number of hydrogen-bond acceptors (Lipinski definition) is 4. The molecule has 1 aliphatic heterocycles. The van der Waals surface area contributed by atoms with Crippen LogP contribution in [-0.2, 0) is 24.1 Å². The molecule has 0 saturated heterocycles. The molecule has 4 nitrogen and oxygen atoms in total. The van der Waals surface area contributed by atoms with Crippen molar-refractivity contribution in [2.45, 2.75) is 66.5 Å². The SMILES string of the molecule is CCCc1nc(C(OCC)C(C)(C)C)nc2c1CCNC2. The zero-order valence-corrected chi connectivity index (χ0v) is 14.1. The summed E-state index contributed by atoms with van der Waals surface area (Å²) in [5.41, 5.74) is 3.76. The molecule has 0 fully saturated rings. The molecule has 0 bridgehead atoms. The summed E-state index contributed by atoms with van der Waals surface area (Å²) in [7, 11) is 0. The van der Waals surface area contributed by atoms with Gasteiger partial charge in [-0.2, -0.15) is 0 Å². The van der Waals surface area contributed by atoms with Gasteiger partial charge in [0.15, 0.2) is 5.82 Å². The molecule has 1 aliphatic rings. The third kappa shape index (κ3) is 3.80. The number of aromatic nitrogens is 2. The van der Waals surface area contributed by atoms with Crippen LogP contribution < -0.4 is 5.32 Å². The maximum absolute atomic E-state index is 5.97. The average molecular weight is 291 g/mol. The van der Waals surface area contributed by atoms with Gasteiger partial charge < -0.3 is 10.1 Å². The van der Waals surface area contributed by atoms with E-state index in [1.807, 2.05) is 6.92 Å². The Labute approximate surface area is 128 Å². The lowest BCUT2D eigenvalue weighted by atomic mass is 9.88. The van der Waals surface area contributed by atoms with Crippen molar-refractivity contribution >= 4 is 0 Å². The highest BCUT2D eigenvalue weighted by Crippen LogP contribution is 2.35. The molecule has 1 N–H and O–H groups in total. The summed E-state index contributed by atoms with van der Waals surface area (Å²) in [6.07, 6.45) is 3.14. The first-order chi connectivity index (χ1) is 9.97. The Bertz CT molecular complexity index is 480. The summed E-state index contributed by atoms with van der Waals surface area (Å²) >= 11 is 0. The molecule has 0 saturated carbocycles. The van der Waals surface area contributed by atoms with Gasteiger partial charge in [0, 0.05) is 18.8 Å². The molecule has 0 aromatic carbocycles. The van der Waals surface area contributed by atoms with Crippen LogP contribution in [0.25, 0.3) is 0 Å². The highest BCUT2D eigenvalue weighted by atomic mass is 16.5. The van der Waals surface area contributed by atoms with E-state index in [1.54, 1.807) is 0 Å². The van der Waals surface area contributed by atoms with Crippen molar-refractivity contribution in [2.24, 2.45) is 5.41 Å². The van der Waals surface area contributed by atoms with Gasteiger partial charge in [0.1, 0.15) is 6.10 Å². The van der Waals surface area contributed by atoms with Crippen LogP contribution in [-0.4, -0.2) is 23.1 Å². The molecule has 0 amide bonds. The molecule has 1 unspecified atom stereocenters. The molecule has 2 rings (SSSR count). The molecule has 21 heavy (non-hydrogen) atoms. The molecule has 118 valence electrons. The largest absolute Gasteiger partial charge is 0.370 e. The topological polar surface area (TPSA) is 47.0 Å². The Balaban J connectivity index is 2.45. The molecule has 0 aliphatic carbocycles. The fourth-order valence-corrected chi connectivity index (χ4v) is 2.90. The van der Waals surface area contributed by atoms with Gasteiger partial charge in [-0.05, 0) is 37.3 Å². The van der Waals surface area contributed by atoms with E-state index < -0.39 is 0 Å². The second-order valence-electron chi connectivity index (χ2n) is 6.83. The van der Waals surface area contributed by atoms with Crippen molar-refractivity contribution in [1.29, 1.82) is 0 Å².